The van der Waals surface area contributed by atoms with Crippen molar-refractivity contribution in [3.05, 3.63) is 29.3 Å². The summed E-state index contributed by atoms with van der Waals surface area (Å²) in [4.78, 5) is 24.2. The molecule has 1 aromatic carbocycles. The lowest BCUT2D eigenvalue weighted by atomic mass is 10.4. The fraction of sp³-hybridized carbons (Fsp3) is 0.333. The standard InChI is InChI=1S/C12H14ClNO3S/c1-14(8-12(16)17)11(15)6-7-18-10-4-2-9(13)3-5-10/h2-5H,6-8H2,1H3,(H,16,17). The minimum atomic E-state index is -1.00. The Hall–Kier alpha value is -1.20. The number of benzene rings is 1. The summed E-state index contributed by atoms with van der Waals surface area (Å²) in [6, 6.07) is 7.36. The van der Waals surface area contributed by atoms with Crippen LogP contribution >= 0.6 is 23.4 Å². The van der Waals surface area contributed by atoms with Crippen LogP contribution in [0.5, 0.6) is 0 Å². The molecule has 1 rings (SSSR count). The first kappa shape index (κ1) is 14.9. The summed E-state index contributed by atoms with van der Waals surface area (Å²) >= 11 is 7.30. The Labute approximate surface area is 115 Å². The van der Waals surface area contributed by atoms with Gasteiger partial charge in [-0.1, -0.05) is 11.6 Å². The van der Waals surface area contributed by atoms with E-state index in [4.69, 9.17) is 16.7 Å². The highest BCUT2D eigenvalue weighted by atomic mass is 35.5. The van der Waals surface area contributed by atoms with Gasteiger partial charge in [-0.3, -0.25) is 9.59 Å². The third kappa shape index (κ3) is 5.42. The molecule has 18 heavy (non-hydrogen) atoms. The SMILES string of the molecule is CN(CC(=O)O)C(=O)CCSc1ccc(Cl)cc1. The third-order valence-electron chi connectivity index (χ3n) is 2.20. The topological polar surface area (TPSA) is 57.6 Å². The van der Waals surface area contributed by atoms with E-state index in [0.717, 1.165) is 4.90 Å². The number of carbonyl (C=O) groups is 2. The molecule has 0 aliphatic carbocycles. The first-order valence-electron chi connectivity index (χ1n) is 5.33. The van der Waals surface area contributed by atoms with E-state index in [-0.39, 0.29) is 12.5 Å². The van der Waals surface area contributed by atoms with Gasteiger partial charge < -0.3 is 10.0 Å². The second kappa shape index (κ2) is 7.28. The van der Waals surface area contributed by atoms with Gasteiger partial charge in [0, 0.05) is 29.1 Å². The lowest BCUT2D eigenvalue weighted by molar-refractivity contribution is -0.143. The number of thioether (sulfide) groups is 1. The fourth-order valence-corrected chi connectivity index (χ4v) is 2.24. The van der Waals surface area contributed by atoms with E-state index in [2.05, 4.69) is 0 Å². The van der Waals surface area contributed by atoms with Crippen molar-refractivity contribution in [2.24, 2.45) is 0 Å². The van der Waals surface area contributed by atoms with Crippen molar-refractivity contribution in [1.82, 2.24) is 4.90 Å². The van der Waals surface area contributed by atoms with Gasteiger partial charge in [0.1, 0.15) is 6.54 Å². The van der Waals surface area contributed by atoms with Gasteiger partial charge in [-0.25, -0.2) is 0 Å². The summed E-state index contributed by atoms with van der Waals surface area (Å²) in [5.74, 6) is -0.556. The summed E-state index contributed by atoms with van der Waals surface area (Å²) in [6.07, 6.45) is 0.317. The summed E-state index contributed by atoms with van der Waals surface area (Å²) in [7, 11) is 1.49. The Morgan fingerprint density at radius 3 is 2.50 bits per heavy atom. The number of likely N-dealkylation sites (N-methyl/N-ethyl adjacent to an activating group) is 1. The van der Waals surface area contributed by atoms with Gasteiger partial charge in [-0.2, -0.15) is 0 Å². The smallest absolute Gasteiger partial charge is 0.323 e. The average molecular weight is 288 g/mol. The van der Waals surface area contributed by atoms with Crippen molar-refractivity contribution < 1.29 is 14.7 Å². The molecule has 0 aliphatic rings. The number of amides is 1. The number of carbonyl (C=O) groups excluding carboxylic acids is 1. The number of carboxylic acids is 1. The summed E-state index contributed by atoms with van der Waals surface area (Å²) in [6.45, 7) is -0.259. The van der Waals surface area contributed by atoms with Crippen LogP contribution < -0.4 is 0 Å². The molecule has 0 radical (unpaired) electrons. The zero-order valence-electron chi connectivity index (χ0n) is 9.93. The zero-order valence-corrected chi connectivity index (χ0v) is 11.5. The molecule has 4 nitrogen and oxygen atoms in total. The van der Waals surface area contributed by atoms with Crippen LogP contribution in [0.25, 0.3) is 0 Å². The van der Waals surface area contributed by atoms with E-state index in [1.54, 1.807) is 23.9 Å². The van der Waals surface area contributed by atoms with Crippen molar-refractivity contribution in [1.29, 1.82) is 0 Å². The van der Waals surface area contributed by atoms with Crippen LogP contribution in [0.2, 0.25) is 5.02 Å². The number of hydrogen-bond donors (Lipinski definition) is 1. The summed E-state index contributed by atoms with van der Waals surface area (Å²) in [5.41, 5.74) is 0. The number of carboxylic acid groups (broad SMARTS) is 1. The molecule has 0 atom stereocenters. The van der Waals surface area contributed by atoms with Gasteiger partial charge in [0.25, 0.3) is 0 Å². The van der Waals surface area contributed by atoms with Crippen LogP contribution in [0, 0.1) is 0 Å². The van der Waals surface area contributed by atoms with Gasteiger partial charge in [0.2, 0.25) is 5.91 Å². The molecule has 0 fully saturated rings. The van der Waals surface area contributed by atoms with Crippen LogP contribution in [-0.4, -0.2) is 41.2 Å². The molecule has 98 valence electrons. The van der Waals surface area contributed by atoms with Gasteiger partial charge in [0.15, 0.2) is 0 Å². The number of halogens is 1. The van der Waals surface area contributed by atoms with Crippen LogP contribution in [0.15, 0.2) is 29.2 Å². The molecule has 0 spiro atoms. The first-order valence-corrected chi connectivity index (χ1v) is 6.69. The van der Waals surface area contributed by atoms with E-state index in [1.807, 2.05) is 12.1 Å². The molecule has 1 amide bonds. The highest BCUT2D eigenvalue weighted by Crippen LogP contribution is 2.21. The number of hydrogen-bond acceptors (Lipinski definition) is 3. The molecule has 0 bridgehead atoms. The molecule has 0 heterocycles. The Balaban J connectivity index is 2.31. The molecule has 1 aromatic rings. The fourth-order valence-electron chi connectivity index (χ4n) is 1.27. The Morgan fingerprint density at radius 2 is 1.94 bits per heavy atom. The van der Waals surface area contributed by atoms with Crippen molar-refractivity contribution >= 4 is 35.2 Å². The van der Waals surface area contributed by atoms with Gasteiger partial charge in [-0.15, -0.1) is 11.8 Å². The summed E-state index contributed by atoms with van der Waals surface area (Å²) < 4.78 is 0. The van der Waals surface area contributed by atoms with Gasteiger partial charge in [-0.05, 0) is 24.3 Å². The molecular formula is C12H14ClNO3S. The molecule has 1 N–H and O–H groups in total. The van der Waals surface area contributed by atoms with Crippen molar-refractivity contribution in [2.45, 2.75) is 11.3 Å². The minimum absolute atomic E-state index is 0.168. The molecule has 0 unspecified atom stereocenters. The minimum Gasteiger partial charge on any atom is -0.480 e. The van der Waals surface area contributed by atoms with Crippen molar-refractivity contribution in [3.8, 4) is 0 Å². The van der Waals surface area contributed by atoms with Crippen molar-refractivity contribution in [2.75, 3.05) is 19.3 Å². The highest BCUT2D eigenvalue weighted by molar-refractivity contribution is 7.99. The second-order valence-corrected chi connectivity index (χ2v) is 5.30. The maximum absolute atomic E-state index is 11.6. The van der Waals surface area contributed by atoms with Crippen molar-refractivity contribution in [3.63, 3.8) is 0 Å². The zero-order chi connectivity index (χ0) is 13.5. The number of aliphatic carboxylic acids is 1. The molecular weight excluding hydrogens is 274 g/mol. The maximum Gasteiger partial charge on any atom is 0.323 e. The lowest BCUT2D eigenvalue weighted by Gasteiger charge is -2.14. The predicted molar refractivity (Wildman–Crippen MR) is 72.1 cm³/mol. The Morgan fingerprint density at radius 1 is 1.33 bits per heavy atom. The predicted octanol–water partition coefficient (Wildman–Crippen LogP) is 2.37. The van der Waals surface area contributed by atoms with Gasteiger partial charge in [0.05, 0.1) is 0 Å². The van der Waals surface area contributed by atoms with Crippen LogP contribution in [0.3, 0.4) is 0 Å². The van der Waals surface area contributed by atoms with Gasteiger partial charge >= 0.3 is 5.97 Å². The maximum atomic E-state index is 11.6. The number of rotatable bonds is 6. The van der Waals surface area contributed by atoms with E-state index < -0.39 is 5.97 Å². The third-order valence-corrected chi connectivity index (χ3v) is 3.46. The van der Waals surface area contributed by atoms with Crippen LogP contribution in [0.1, 0.15) is 6.42 Å². The quantitative estimate of drug-likeness (QED) is 0.816. The largest absolute Gasteiger partial charge is 0.480 e. The monoisotopic (exact) mass is 287 g/mol. The normalized spacial score (nSPS) is 10.1. The molecule has 0 aromatic heterocycles. The van der Waals surface area contributed by atoms with E-state index in [9.17, 15) is 9.59 Å². The Bertz CT molecular complexity index is 422. The van der Waals surface area contributed by atoms with Crippen LogP contribution in [-0.2, 0) is 9.59 Å². The Kier molecular flexibility index (Phi) is 6.01. The lowest BCUT2D eigenvalue weighted by Crippen LogP contribution is -2.32. The van der Waals surface area contributed by atoms with E-state index in [1.165, 1.54) is 11.9 Å². The number of nitrogens with zero attached hydrogens (tertiary/aromatic N) is 1. The average Bonchev–Trinajstić information content (AvgIpc) is 2.30. The molecule has 0 aliphatic heterocycles. The summed E-state index contributed by atoms with van der Waals surface area (Å²) in [5, 5.41) is 9.23. The van der Waals surface area contributed by atoms with Crippen LogP contribution in [0.4, 0.5) is 0 Å². The molecule has 0 saturated heterocycles. The molecule has 6 heteroatoms. The molecule has 0 saturated carbocycles. The van der Waals surface area contributed by atoms with E-state index >= 15 is 0 Å². The van der Waals surface area contributed by atoms with E-state index in [0.29, 0.717) is 17.2 Å². The first-order chi connectivity index (χ1) is 8.49. The highest BCUT2D eigenvalue weighted by Gasteiger charge is 2.11. The second-order valence-electron chi connectivity index (χ2n) is 3.70.